The first kappa shape index (κ1) is 26.1. The second-order valence-electron chi connectivity index (χ2n) is 11.0. The van der Waals surface area contributed by atoms with Gasteiger partial charge in [0.15, 0.2) is 11.5 Å². The van der Waals surface area contributed by atoms with Crippen molar-refractivity contribution in [1.82, 2.24) is 14.1 Å². The van der Waals surface area contributed by atoms with Crippen LogP contribution in [0, 0.1) is 0 Å². The zero-order valence-corrected chi connectivity index (χ0v) is 23.5. The molecule has 0 atom stereocenters. The minimum atomic E-state index is -3.66. The number of sulfonamides is 1. The van der Waals surface area contributed by atoms with Gasteiger partial charge >= 0.3 is 0 Å². The number of rotatable bonds is 5. The van der Waals surface area contributed by atoms with E-state index in [1.165, 1.54) is 0 Å². The molecular weight excluding hydrogens is 544 g/mol. The molecule has 4 aliphatic heterocycles. The third-order valence-electron chi connectivity index (χ3n) is 8.39. The lowest BCUT2D eigenvalue weighted by atomic mass is 9.87. The van der Waals surface area contributed by atoms with Crippen molar-refractivity contribution < 1.29 is 27.5 Å². The summed E-state index contributed by atoms with van der Waals surface area (Å²) < 4.78 is 39.4. The average Bonchev–Trinajstić information content (AvgIpc) is 3.56. The van der Waals surface area contributed by atoms with Crippen LogP contribution in [-0.2, 0) is 34.3 Å². The van der Waals surface area contributed by atoms with E-state index in [2.05, 4.69) is 15.1 Å². The highest BCUT2D eigenvalue weighted by Gasteiger charge is 2.34. The lowest BCUT2D eigenvalue weighted by Gasteiger charge is -2.34. The summed E-state index contributed by atoms with van der Waals surface area (Å²) >= 11 is 0. The van der Waals surface area contributed by atoms with Crippen molar-refractivity contribution in [2.45, 2.75) is 24.4 Å². The lowest BCUT2D eigenvalue weighted by Crippen LogP contribution is -2.48. The number of fused-ring (bicyclic) bond motifs is 4. The zero-order chi connectivity index (χ0) is 28.3. The molecule has 1 fully saturated rings. The molecule has 0 bridgehead atoms. The van der Waals surface area contributed by atoms with Crippen LogP contribution < -0.4 is 14.8 Å². The molecule has 1 N–H and O–H groups in total. The van der Waals surface area contributed by atoms with Gasteiger partial charge < -0.3 is 19.7 Å². The van der Waals surface area contributed by atoms with Gasteiger partial charge in [0.05, 0.1) is 16.1 Å². The second kappa shape index (κ2) is 9.95. The first-order valence-corrected chi connectivity index (χ1v) is 15.2. The van der Waals surface area contributed by atoms with Gasteiger partial charge in [0, 0.05) is 45.8 Å². The minimum absolute atomic E-state index is 0.238. The number of carbonyl (C=O) groups is 2. The standard InChI is InChI=1S/C30H30N4O6S/c1-32-9-8-22-23(15-24-28(25(22)17-32)31-30(36)29(24)35)20-3-5-21(6-4-20)41(37,38)34-12-10-33(11-13-34)16-19-2-7-26-27(14-19)40-18-39-26/h2-7,14-15H,8-13,16-18H2,1H3,(H,31,35,36). The number of benzene rings is 3. The van der Waals surface area contributed by atoms with E-state index in [1.807, 2.05) is 25.2 Å². The van der Waals surface area contributed by atoms with Crippen molar-refractivity contribution >= 4 is 27.4 Å². The Morgan fingerprint density at radius 3 is 2.39 bits per heavy atom. The van der Waals surface area contributed by atoms with Gasteiger partial charge in [0.1, 0.15) is 0 Å². The first-order valence-electron chi connectivity index (χ1n) is 13.7. The summed E-state index contributed by atoms with van der Waals surface area (Å²) in [7, 11) is -1.65. The van der Waals surface area contributed by atoms with E-state index < -0.39 is 21.7 Å². The molecule has 0 spiro atoms. The Balaban J connectivity index is 1.08. The summed E-state index contributed by atoms with van der Waals surface area (Å²) in [5, 5.41) is 2.75. The fourth-order valence-corrected chi connectivity index (χ4v) is 7.57. The lowest BCUT2D eigenvalue weighted by molar-refractivity contribution is -0.112. The number of nitrogens with zero attached hydrogens (tertiary/aromatic N) is 3. The number of carbonyl (C=O) groups excluding carboxylic acids is 2. The Kier molecular flexibility index (Phi) is 6.35. The zero-order valence-electron chi connectivity index (χ0n) is 22.7. The number of nitrogens with one attached hydrogen (secondary N) is 1. The largest absolute Gasteiger partial charge is 0.454 e. The molecule has 0 aromatic heterocycles. The van der Waals surface area contributed by atoms with Crippen LogP contribution in [0.5, 0.6) is 11.5 Å². The molecule has 10 nitrogen and oxygen atoms in total. The molecule has 11 heteroatoms. The summed E-state index contributed by atoms with van der Waals surface area (Å²) in [6, 6.07) is 14.6. The van der Waals surface area contributed by atoms with Crippen LogP contribution in [0.25, 0.3) is 11.1 Å². The number of ketones is 1. The fraction of sp³-hybridized carbons (Fsp3) is 0.333. The minimum Gasteiger partial charge on any atom is -0.454 e. The summed E-state index contributed by atoms with van der Waals surface area (Å²) in [4.78, 5) is 29.3. The number of ether oxygens (including phenoxy) is 2. The van der Waals surface area contributed by atoms with Gasteiger partial charge in [-0.25, -0.2) is 8.42 Å². The average molecular weight is 575 g/mol. The van der Waals surface area contributed by atoms with Crippen LogP contribution in [0.1, 0.15) is 27.0 Å². The maximum Gasteiger partial charge on any atom is 0.296 e. The van der Waals surface area contributed by atoms with E-state index in [0.29, 0.717) is 50.5 Å². The van der Waals surface area contributed by atoms with Gasteiger partial charge in [0.25, 0.3) is 11.7 Å². The van der Waals surface area contributed by atoms with Crippen LogP contribution in [-0.4, -0.2) is 80.8 Å². The number of anilines is 1. The number of likely N-dealkylation sites (N-methyl/N-ethyl adjacent to an activating group) is 1. The van der Waals surface area contributed by atoms with Crippen molar-refractivity contribution in [3.05, 3.63) is 70.8 Å². The molecule has 4 aliphatic rings. The molecule has 41 heavy (non-hydrogen) atoms. The van der Waals surface area contributed by atoms with Gasteiger partial charge in [-0.2, -0.15) is 4.31 Å². The van der Waals surface area contributed by atoms with Crippen molar-refractivity contribution in [3.8, 4) is 22.6 Å². The third-order valence-corrected chi connectivity index (χ3v) is 10.3. The van der Waals surface area contributed by atoms with Crippen molar-refractivity contribution in [1.29, 1.82) is 0 Å². The quantitative estimate of drug-likeness (QED) is 0.464. The molecule has 3 aromatic carbocycles. The Bertz CT molecular complexity index is 1680. The highest BCUT2D eigenvalue weighted by Crippen LogP contribution is 2.40. The van der Waals surface area contributed by atoms with Crippen LogP contribution in [0.3, 0.4) is 0 Å². The molecule has 0 saturated carbocycles. The SMILES string of the molecule is CN1CCc2c(-c3ccc(S(=O)(=O)N4CCN(Cc5ccc6c(c5)OCO6)CC4)cc3)cc3c(c2C1)NC(=O)C3=O. The van der Waals surface area contributed by atoms with E-state index in [-0.39, 0.29) is 11.7 Å². The van der Waals surface area contributed by atoms with Crippen LogP contribution in [0.2, 0.25) is 0 Å². The number of amides is 1. The molecule has 0 aliphatic carbocycles. The maximum atomic E-state index is 13.5. The Labute approximate surface area is 238 Å². The molecule has 1 amide bonds. The molecule has 212 valence electrons. The van der Waals surface area contributed by atoms with Crippen LogP contribution >= 0.6 is 0 Å². The first-order chi connectivity index (χ1) is 19.8. The van der Waals surface area contributed by atoms with Crippen molar-refractivity contribution in [3.63, 3.8) is 0 Å². The van der Waals surface area contributed by atoms with Gasteiger partial charge in [-0.1, -0.05) is 18.2 Å². The number of hydrogen-bond acceptors (Lipinski definition) is 8. The van der Waals surface area contributed by atoms with Crippen molar-refractivity contribution in [2.75, 3.05) is 51.9 Å². The predicted octanol–water partition coefficient (Wildman–Crippen LogP) is 2.71. The van der Waals surface area contributed by atoms with Gasteiger partial charge in [0.2, 0.25) is 16.8 Å². The summed E-state index contributed by atoms with van der Waals surface area (Å²) in [6.45, 7) is 4.50. The van der Waals surface area contributed by atoms with Gasteiger partial charge in [-0.05, 0) is 71.6 Å². The normalized spacial score (nSPS) is 19.2. The fourth-order valence-electron chi connectivity index (χ4n) is 6.14. The van der Waals surface area contributed by atoms with Gasteiger partial charge in [-0.15, -0.1) is 0 Å². The Hall–Kier alpha value is -3.77. The number of hydrogen-bond donors (Lipinski definition) is 1. The maximum absolute atomic E-state index is 13.5. The molecule has 3 aromatic rings. The van der Waals surface area contributed by atoms with E-state index in [9.17, 15) is 18.0 Å². The van der Waals surface area contributed by atoms with Crippen LogP contribution in [0.15, 0.2) is 53.4 Å². The number of Topliss-reactive ketones (excluding diaryl/α,β-unsaturated/α-hetero) is 1. The van der Waals surface area contributed by atoms with Crippen LogP contribution in [0.4, 0.5) is 5.69 Å². The summed E-state index contributed by atoms with van der Waals surface area (Å²) in [5.74, 6) is 0.357. The van der Waals surface area contributed by atoms with Gasteiger partial charge in [-0.3, -0.25) is 14.5 Å². The predicted molar refractivity (Wildman–Crippen MR) is 151 cm³/mol. The molecule has 4 heterocycles. The molecule has 0 radical (unpaired) electrons. The van der Waals surface area contributed by atoms with E-state index in [1.54, 1.807) is 34.6 Å². The second-order valence-corrected chi connectivity index (χ2v) is 12.9. The summed E-state index contributed by atoms with van der Waals surface area (Å²) in [5.41, 5.74) is 5.85. The highest BCUT2D eigenvalue weighted by molar-refractivity contribution is 7.89. The van der Waals surface area contributed by atoms with E-state index in [4.69, 9.17) is 9.47 Å². The van der Waals surface area contributed by atoms with E-state index >= 15 is 0 Å². The smallest absolute Gasteiger partial charge is 0.296 e. The number of piperazine rings is 1. The highest BCUT2D eigenvalue weighted by atomic mass is 32.2. The van der Waals surface area contributed by atoms with E-state index in [0.717, 1.165) is 52.3 Å². The van der Waals surface area contributed by atoms with Crippen molar-refractivity contribution in [2.24, 2.45) is 0 Å². The molecular formula is C30H30N4O6S. The molecule has 7 rings (SSSR count). The third kappa shape index (κ3) is 4.58. The monoisotopic (exact) mass is 574 g/mol. The topological polar surface area (TPSA) is 108 Å². The Morgan fingerprint density at radius 2 is 1.61 bits per heavy atom. The summed E-state index contributed by atoms with van der Waals surface area (Å²) in [6.07, 6.45) is 0.773. The Morgan fingerprint density at radius 1 is 0.854 bits per heavy atom. The molecule has 1 saturated heterocycles. The molecule has 0 unspecified atom stereocenters.